The molecule has 0 aliphatic carbocycles. The highest BCUT2D eigenvalue weighted by atomic mass is 32.1. The lowest BCUT2D eigenvalue weighted by atomic mass is 10.8. The van der Waals surface area contributed by atoms with Gasteiger partial charge in [-0.05, 0) is 6.92 Å². The molecule has 0 aromatic carbocycles. The minimum absolute atomic E-state index is 1.75. The molecule has 0 saturated carbocycles. The van der Waals surface area contributed by atoms with E-state index in [1.54, 1.807) is 6.08 Å². The Morgan fingerprint density at radius 3 is 1.80 bits per heavy atom. The van der Waals surface area contributed by atoms with Crippen molar-refractivity contribution in [2.75, 3.05) is 0 Å². The van der Waals surface area contributed by atoms with E-state index in [0.29, 0.717) is 0 Å². The molecule has 2 N–H and O–H groups in total. The fraction of sp³-hybridized carbons (Fsp3) is 0.333. The number of nitrogens with two attached hydrogens (primary N) is 1. The zero-order valence-electron chi connectivity index (χ0n) is 3.31. The molecular formula is C3H9NS. The molecule has 1 nitrogen and oxygen atoms in total. The fourth-order valence-corrected chi connectivity index (χ4v) is 0. The molecule has 32 valence electrons. The summed E-state index contributed by atoms with van der Waals surface area (Å²) in [6.45, 7) is 5.25. The summed E-state index contributed by atoms with van der Waals surface area (Å²) in [4.78, 5) is 0. The molecule has 0 amide bonds. The van der Waals surface area contributed by atoms with Crippen LogP contribution >= 0.6 is 12.8 Å². The Morgan fingerprint density at radius 2 is 1.80 bits per heavy atom. The summed E-state index contributed by atoms with van der Waals surface area (Å²) in [6.07, 6.45) is 1.75. The molecule has 0 saturated heterocycles. The maximum absolute atomic E-state index is 4.19. The third-order valence-electron chi connectivity index (χ3n) is 0. The molecule has 0 aromatic rings. The maximum atomic E-state index is 4.19. The zero-order chi connectivity index (χ0) is 4.71. The minimum atomic E-state index is 1.75. The first-order chi connectivity index (χ1) is 2.41. The van der Waals surface area contributed by atoms with Gasteiger partial charge in [-0.1, -0.05) is 6.08 Å². The molecule has 0 rings (SSSR count). The molecule has 0 radical (unpaired) electrons. The van der Waals surface area contributed by atoms with Crippen molar-refractivity contribution in [3.8, 4) is 0 Å². The summed E-state index contributed by atoms with van der Waals surface area (Å²) < 4.78 is 0. The Bertz CT molecular complexity index is 14.4. The Balaban J connectivity index is 0. The molecule has 0 bridgehead atoms. The van der Waals surface area contributed by atoms with Crippen molar-refractivity contribution in [1.29, 1.82) is 0 Å². The van der Waals surface area contributed by atoms with Crippen LogP contribution in [0.25, 0.3) is 0 Å². The number of hydrogen-bond acceptors (Lipinski definition) is 2. The first-order valence-corrected chi connectivity index (χ1v) is 1.76. The molecule has 0 aliphatic heterocycles. The Kier molecular flexibility index (Phi) is 60.9. The standard InChI is InChI=1S/C3H6.H3NS/c1-3-2;1-2/h3H,1H2,2H3;2H,1H2. The Labute approximate surface area is 38.4 Å². The van der Waals surface area contributed by atoms with Gasteiger partial charge >= 0.3 is 0 Å². The first kappa shape index (κ1) is 8.90. The maximum Gasteiger partial charge on any atom is -0.0473 e. The Hall–Kier alpha value is 0.0500. The van der Waals surface area contributed by atoms with Gasteiger partial charge in [0.2, 0.25) is 0 Å². The highest BCUT2D eigenvalue weighted by molar-refractivity contribution is 7.77. The van der Waals surface area contributed by atoms with Gasteiger partial charge in [0.25, 0.3) is 0 Å². The molecule has 0 heterocycles. The first-order valence-electron chi connectivity index (χ1n) is 1.24. The summed E-state index contributed by atoms with van der Waals surface area (Å²) in [5.41, 5.74) is 0. The molecule has 0 aliphatic rings. The number of hydrogen-bond donors (Lipinski definition) is 2. The van der Waals surface area contributed by atoms with Gasteiger partial charge in [0.15, 0.2) is 0 Å². The summed E-state index contributed by atoms with van der Waals surface area (Å²) >= 11 is 3.03. The molecule has 0 atom stereocenters. The lowest BCUT2D eigenvalue weighted by Crippen LogP contribution is -1.49. The third-order valence-corrected chi connectivity index (χ3v) is 0. The third kappa shape index (κ3) is 6810. The normalized spacial score (nSPS) is 3.80. The van der Waals surface area contributed by atoms with Crippen LogP contribution in [0.4, 0.5) is 0 Å². The molecule has 0 aromatic heterocycles. The fourth-order valence-electron chi connectivity index (χ4n) is 0. The van der Waals surface area contributed by atoms with E-state index in [4.69, 9.17) is 0 Å². The predicted molar refractivity (Wildman–Crippen MR) is 29.0 cm³/mol. The van der Waals surface area contributed by atoms with Gasteiger partial charge in [-0.25, -0.2) is 0 Å². The molecule has 0 spiro atoms. The van der Waals surface area contributed by atoms with E-state index in [0.717, 1.165) is 0 Å². The number of thiol groups is 1. The van der Waals surface area contributed by atoms with E-state index in [1.807, 2.05) is 6.92 Å². The second-order valence-electron chi connectivity index (χ2n) is 0.408. The smallest absolute Gasteiger partial charge is 0.0473 e. The van der Waals surface area contributed by atoms with Crippen LogP contribution in [0.3, 0.4) is 0 Å². The van der Waals surface area contributed by atoms with Crippen molar-refractivity contribution in [1.82, 2.24) is 0 Å². The van der Waals surface area contributed by atoms with Gasteiger partial charge in [-0.15, -0.1) is 19.4 Å². The van der Waals surface area contributed by atoms with Crippen molar-refractivity contribution in [2.24, 2.45) is 5.14 Å². The van der Waals surface area contributed by atoms with E-state index in [2.05, 4.69) is 24.5 Å². The molecule has 5 heavy (non-hydrogen) atoms. The van der Waals surface area contributed by atoms with Crippen LogP contribution in [0.15, 0.2) is 12.7 Å². The number of rotatable bonds is 0. The zero-order valence-corrected chi connectivity index (χ0v) is 4.20. The van der Waals surface area contributed by atoms with Gasteiger partial charge in [0, 0.05) is 0 Å². The van der Waals surface area contributed by atoms with E-state index in [1.165, 1.54) is 0 Å². The van der Waals surface area contributed by atoms with Crippen LogP contribution in [0.2, 0.25) is 0 Å². The van der Waals surface area contributed by atoms with Gasteiger partial charge in [-0.3, -0.25) is 5.14 Å². The van der Waals surface area contributed by atoms with Crippen molar-refractivity contribution >= 4 is 12.8 Å². The largest absolute Gasteiger partial charge is 0.281 e. The average Bonchev–Trinajstić information content (AvgIpc) is 1.46. The summed E-state index contributed by atoms with van der Waals surface area (Å²) in [5, 5.41) is 4.19. The molecule has 0 unspecified atom stereocenters. The lowest BCUT2D eigenvalue weighted by Gasteiger charge is -1.31. The summed E-state index contributed by atoms with van der Waals surface area (Å²) in [6, 6.07) is 0. The van der Waals surface area contributed by atoms with Crippen molar-refractivity contribution in [2.45, 2.75) is 6.92 Å². The van der Waals surface area contributed by atoms with Crippen LogP contribution in [-0.2, 0) is 0 Å². The highest BCUT2D eigenvalue weighted by Crippen LogP contribution is 1.38. The van der Waals surface area contributed by atoms with Crippen LogP contribution < -0.4 is 5.14 Å². The van der Waals surface area contributed by atoms with E-state index < -0.39 is 0 Å². The predicted octanol–water partition coefficient (Wildman–Crippen LogP) is 0.982. The monoisotopic (exact) mass is 91.0 g/mol. The van der Waals surface area contributed by atoms with Gasteiger partial charge in [0.05, 0.1) is 0 Å². The van der Waals surface area contributed by atoms with Crippen LogP contribution in [0.1, 0.15) is 6.92 Å². The van der Waals surface area contributed by atoms with Crippen molar-refractivity contribution in [3.05, 3.63) is 12.7 Å². The van der Waals surface area contributed by atoms with Crippen LogP contribution in [0, 0.1) is 0 Å². The summed E-state index contributed by atoms with van der Waals surface area (Å²) in [7, 11) is 0. The minimum Gasteiger partial charge on any atom is -0.281 e. The second kappa shape index (κ2) is 34.2. The SMILES string of the molecule is C=CC.NS. The highest BCUT2D eigenvalue weighted by Gasteiger charge is 1.15. The van der Waals surface area contributed by atoms with Crippen molar-refractivity contribution in [3.63, 3.8) is 0 Å². The molecule has 0 fully saturated rings. The van der Waals surface area contributed by atoms with Crippen LogP contribution in [-0.4, -0.2) is 0 Å². The second-order valence-corrected chi connectivity index (χ2v) is 0.408. The van der Waals surface area contributed by atoms with E-state index in [-0.39, 0.29) is 0 Å². The van der Waals surface area contributed by atoms with Gasteiger partial charge in [-0.2, -0.15) is 0 Å². The van der Waals surface area contributed by atoms with Crippen LogP contribution in [0.5, 0.6) is 0 Å². The molecular weight excluding hydrogens is 82.1 g/mol. The lowest BCUT2D eigenvalue weighted by molar-refractivity contribution is 1.80. The van der Waals surface area contributed by atoms with Gasteiger partial charge < -0.3 is 0 Å². The average molecular weight is 91.2 g/mol. The quantitative estimate of drug-likeness (QED) is 0.337. The number of allylic oxidation sites excluding steroid dienone is 1. The van der Waals surface area contributed by atoms with E-state index in [9.17, 15) is 0 Å². The Morgan fingerprint density at radius 1 is 1.80 bits per heavy atom. The van der Waals surface area contributed by atoms with Crippen molar-refractivity contribution < 1.29 is 0 Å². The van der Waals surface area contributed by atoms with Gasteiger partial charge in [0.1, 0.15) is 0 Å². The molecule has 2 heteroatoms. The van der Waals surface area contributed by atoms with E-state index >= 15 is 0 Å². The topological polar surface area (TPSA) is 26.0 Å². The summed E-state index contributed by atoms with van der Waals surface area (Å²) in [5.74, 6) is 0.